The third-order valence-corrected chi connectivity index (χ3v) is 4.33. The summed E-state index contributed by atoms with van der Waals surface area (Å²) in [6.07, 6.45) is 3.95. The quantitative estimate of drug-likeness (QED) is 0.808. The van der Waals surface area contributed by atoms with Crippen molar-refractivity contribution in [3.63, 3.8) is 0 Å². The maximum atomic E-state index is 13.8. The summed E-state index contributed by atoms with van der Waals surface area (Å²) < 4.78 is 26.8. The van der Waals surface area contributed by atoms with Crippen molar-refractivity contribution < 1.29 is 18.7 Å². The normalized spacial score (nSPS) is 17.3. The molecule has 1 heterocycles. The summed E-state index contributed by atoms with van der Waals surface area (Å²) in [5, 5.41) is 12.5. The number of carboxylic acid groups (broad SMARTS) is 1. The molecule has 0 spiro atoms. The summed E-state index contributed by atoms with van der Waals surface area (Å²) in [5.41, 5.74) is 0.408. The lowest BCUT2D eigenvalue weighted by Crippen LogP contribution is -2.49. The van der Waals surface area contributed by atoms with Crippen LogP contribution in [0.5, 0.6) is 0 Å². The van der Waals surface area contributed by atoms with E-state index in [0.29, 0.717) is 25.2 Å². The van der Waals surface area contributed by atoms with Crippen LogP contribution in [0.4, 0.5) is 14.5 Å². The first kappa shape index (κ1) is 17.7. The number of piperidine rings is 1. The molecule has 1 aromatic rings. The van der Waals surface area contributed by atoms with Crippen molar-refractivity contribution in [2.24, 2.45) is 0 Å². The average molecular weight is 326 g/mol. The number of nitrogens with zero attached hydrogens (tertiary/aromatic N) is 1. The number of aliphatic carboxylic acids is 1. The van der Waals surface area contributed by atoms with Crippen molar-refractivity contribution in [1.82, 2.24) is 5.32 Å². The number of carbonyl (C=O) groups is 1. The molecule has 1 fully saturated rings. The Kier molecular flexibility index (Phi) is 6.33. The Hall–Kier alpha value is -1.69. The summed E-state index contributed by atoms with van der Waals surface area (Å²) in [7, 11) is 0. The van der Waals surface area contributed by atoms with E-state index in [2.05, 4.69) is 5.32 Å². The fraction of sp³-hybridized carbons (Fsp3) is 0.588. The molecule has 0 aliphatic carbocycles. The van der Waals surface area contributed by atoms with Gasteiger partial charge in [-0.1, -0.05) is 19.8 Å². The molecule has 1 aliphatic heterocycles. The van der Waals surface area contributed by atoms with E-state index in [1.807, 2.05) is 11.8 Å². The highest BCUT2D eigenvalue weighted by Crippen LogP contribution is 2.24. The minimum Gasteiger partial charge on any atom is -0.480 e. The second-order valence-corrected chi connectivity index (χ2v) is 6.06. The Labute approximate surface area is 135 Å². The molecule has 0 saturated carbocycles. The number of benzene rings is 1. The van der Waals surface area contributed by atoms with E-state index in [0.717, 1.165) is 31.7 Å². The zero-order valence-corrected chi connectivity index (χ0v) is 13.4. The molecule has 128 valence electrons. The van der Waals surface area contributed by atoms with Crippen molar-refractivity contribution in [3.05, 3.63) is 29.8 Å². The largest absolute Gasteiger partial charge is 0.480 e. The van der Waals surface area contributed by atoms with Gasteiger partial charge in [0.15, 0.2) is 0 Å². The summed E-state index contributed by atoms with van der Waals surface area (Å²) in [6, 6.07) is 3.21. The second kappa shape index (κ2) is 8.24. The molecule has 2 rings (SSSR count). The lowest BCUT2D eigenvalue weighted by atomic mass is 10.0. The molecule has 4 nitrogen and oxygen atoms in total. The number of halogens is 2. The van der Waals surface area contributed by atoms with Gasteiger partial charge in [0.2, 0.25) is 0 Å². The molecule has 6 heteroatoms. The molecule has 0 radical (unpaired) electrons. The van der Waals surface area contributed by atoms with Crippen LogP contribution in [0.25, 0.3) is 0 Å². The Morgan fingerprint density at radius 1 is 1.39 bits per heavy atom. The Bertz CT molecular complexity index is 531. The zero-order valence-electron chi connectivity index (χ0n) is 13.4. The number of rotatable bonds is 7. The van der Waals surface area contributed by atoms with E-state index in [9.17, 15) is 18.7 Å². The number of carboxylic acids is 1. The lowest BCUT2D eigenvalue weighted by Gasteiger charge is -2.35. The number of hydrogen-bond acceptors (Lipinski definition) is 3. The van der Waals surface area contributed by atoms with Gasteiger partial charge in [-0.2, -0.15) is 0 Å². The molecule has 1 atom stereocenters. The van der Waals surface area contributed by atoms with Crippen LogP contribution in [-0.4, -0.2) is 36.2 Å². The molecule has 1 saturated heterocycles. The minimum absolute atomic E-state index is 0.118. The standard InChI is InChI=1S/C17H24F2N2O2/c1-2-3-4-15(17(22)23)20-13-7-9-21(10-8-13)16-6-5-12(18)11-14(16)19/h5-6,11,13,15,20H,2-4,7-10H2,1H3,(H,22,23). The molecule has 2 N–H and O–H groups in total. The van der Waals surface area contributed by atoms with Gasteiger partial charge in [0, 0.05) is 25.2 Å². The van der Waals surface area contributed by atoms with Gasteiger partial charge >= 0.3 is 5.97 Å². The van der Waals surface area contributed by atoms with Crippen LogP contribution in [0.1, 0.15) is 39.0 Å². The predicted molar refractivity (Wildman–Crippen MR) is 85.7 cm³/mol. The first-order valence-electron chi connectivity index (χ1n) is 8.20. The summed E-state index contributed by atoms with van der Waals surface area (Å²) in [4.78, 5) is 13.2. The number of hydrogen-bond donors (Lipinski definition) is 2. The van der Waals surface area contributed by atoms with Crippen LogP contribution in [0.3, 0.4) is 0 Å². The van der Waals surface area contributed by atoms with Crippen molar-refractivity contribution in [2.75, 3.05) is 18.0 Å². The number of unbranched alkanes of at least 4 members (excludes halogenated alkanes) is 1. The summed E-state index contributed by atoms with van der Waals surface area (Å²) >= 11 is 0. The highest BCUT2D eigenvalue weighted by atomic mass is 19.1. The fourth-order valence-corrected chi connectivity index (χ4v) is 3.00. The van der Waals surface area contributed by atoms with E-state index >= 15 is 0 Å². The van der Waals surface area contributed by atoms with Crippen molar-refractivity contribution in [3.8, 4) is 0 Å². The summed E-state index contributed by atoms with van der Waals surface area (Å²) in [5.74, 6) is -1.95. The van der Waals surface area contributed by atoms with Gasteiger partial charge in [-0.05, 0) is 31.4 Å². The lowest BCUT2D eigenvalue weighted by molar-refractivity contribution is -0.140. The summed E-state index contributed by atoms with van der Waals surface area (Å²) in [6.45, 7) is 3.29. The van der Waals surface area contributed by atoms with Crippen LogP contribution in [-0.2, 0) is 4.79 Å². The monoisotopic (exact) mass is 326 g/mol. The van der Waals surface area contributed by atoms with Crippen LogP contribution < -0.4 is 10.2 Å². The van der Waals surface area contributed by atoms with Gasteiger partial charge < -0.3 is 15.3 Å². The van der Waals surface area contributed by atoms with E-state index in [-0.39, 0.29) is 6.04 Å². The van der Waals surface area contributed by atoms with E-state index < -0.39 is 23.6 Å². The van der Waals surface area contributed by atoms with Gasteiger partial charge in [-0.15, -0.1) is 0 Å². The molecule has 1 aliphatic rings. The van der Waals surface area contributed by atoms with Crippen LogP contribution in [0.15, 0.2) is 18.2 Å². The average Bonchev–Trinajstić information content (AvgIpc) is 2.52. The third-order valence-electron chi connectivity index (χ3n) is 4.33. The van der Waals surface area contributed by atoms with Gasteiger partial charge in [-0.25, -0.2) is 8.78 Å². The van der Waals surface area contributed by atoms with Crippen LogP contribution in [0, 0.1) is 11.6 Å². The molecule has 0 amide bonds. The van der Waals surface area contributed by atoms with Crippen molar-refractivity contribution in [2.45, 2.75) is 51.1 Å². The van der Waals surface area contributed by atoms with Crippen molar-refractivity contribution >= 4 is 11.7 Å². The maximum Gasteiger partial charge on any atom is 0.320 e. The molecule has 23 heavy (non-hydrogen) atoms. The SMILES string of the molecule is CCCCC(NC1CCN(c2ccc(F)cc2F)CC1)C(=O)O. The predicted octanol–water partition coefficient (Wildman–Crippen LogP) is 3.17. The van der Waals surface area contributed by atoms with Gasteiger partial charge in [0.25, 0.3) is 0 Å². The van der Waals surface area contributed by atoms with Gasteiger partial charge in [0.1, 0.15) is 17.7 Å². The van der Waals surface area contributed by atoms with Crippen molar-refractivity contribution in [1.29, 1.82) is 0 Å². The molecule has 0 aromatic heterocycles. The highest BCUT2D eigenvalue weighted by molar-refractivity contribution is 5.73. The van der Waals surface area contributed by atoms with Crippen LogP contribution >= 0.6 is 0 Å². The van der Waals surface area contributed by atoms with E-state index in [1.165, 1.54) is 12.1 Å². The number of nitrogens with one attached hydrogen (secondary N) is 1. The fourth-order valence-electron chi connectivity index (χ4n) is 3.00. The Balaban J connectivity index is 1.89. The Morgan fingerprint density at radius 2 is 2.09 bits per heavy atom. The van der Waals surface area contributed by atoms with E-state index in [1.54, 1.807) is 0 Å². The Morgan fingerprint density at radius 3 is 2.65 bits per heavy atom. The van der Waals surface area contributed by atoms with Crippen LogP contribution in [0.2, 0.25) is 0 Å². The zero-order chi connectivity index (χ0) is 16.8. The smallest absolute Gasteiger partial charge is 0.320 e. The first-order chi connectivity index (χ1) is 11.0. The minimum atomic E-state index is -0.814. The molecular weight excluding hydrogens is 302 g/mol. The second-order valence-electron chi connectivity index (χ2n) is 6.06. The molecule has 0 bridgehead atoms. The van der Waals surface area contributed by atoms with Gasteiger partial charge in [-0.3, -0.25) is 4.79 Å². The molecule has 1 aromatic carbocycles. The van der Waals surface area contributed by atoms with E-state index in [4.69, 9.17) is 0 Å². The number of anilines is 1. The molecule has 1 unspecified atom stereocenters. The highest BCUT2D eigenvalue weighted by Gasteiger charge is 2.25. The maximum absolute atomic E-state index is 13.8. The first-order valence-corrected chi connectivity index (χ1v) is 8.20. The molecular formula is C17H24F2N2O2. The van der Waals surface area contributed by atoms with Gasteiger partial charge in [0.05, 0.1) is 5.69 Å². The topological polar surface area (TPSA) is 52.6 Å². The third kappa shape index (κ3) is 4.89.